The van der Waals surface area contributed by atoms with Crippen LogP contribution >= 0.6 is 0 Å². The number of benzene rings is 3. The molecule has 0 N–H and O–H groups in total. The predicted octanol–water partition coefficient (Wildman–Crippen LogP) is 4.76. The van der Waals surface area contributed by atoms with E-state index in [2.05, 4.69) is 52.6 Å². The molecule has 0 unspecified atom stereocenters. The molecule has 0 aliphatic rings. The number of hydrogen-bond acceptors (Lipinski definition) is 2. The van der Waals surface area contributed by atoms with Gasteiger partial charge >= 0.3 is 0 Å². The van der Waals surface area contributed by atoms with Gasteiger partial charge in [-0.3, -0.25) is 0 Å². The number of para-hydroxylation sites is 2. The zero-order valence-electron chi connectivity index (χ0n) is 11.9. The Morgan fingerprint density at radius 1 is 0.545 bits per heavy atom. The monoisotopic (exact) mass is 281 g/mol. The van der Waals surface area contributed by atoms with Gasteiger partial charge in [0.2, 0.25) is 0 Å². The zero-order chi connectivity index (χ0) is 14.8. The number of hydrogen-bond donors (Lipinski definition) is 0. The fourth-order valence-corrected chi connectivity index (χ4v) is 2.49. The molecule has 2 heteroatoms. The maximum absolute atomic E-state index is 4.63. The zero-order valence-corrected chi connectivity index (χ0v) is 11.9. The van der Waals surface area contributed by atoms with Crippen LogP contribution in [0.15, 0.2) is 78.9 Å². The molecular formula is C20H13N2. The SMILES string of the molecule is [c]1nc2ccccc2nc1-c1ccc(-c2ccccc2)cc1. The van der Waals surface area contributed by atoms with Crippen LogP contribution in [0.3, 0.4) is 0 Å². The number of aromatic nitrogens is 2. The van der Waals surface area contributed by atoms with Crippen LogP contribution in [0.25, 0.3) is 33.4 Å². The van der Waals surface area contributed by atoms with Gasteiger partial charge in [0.05, 0.1) is 16.7 Å². The molecule has 1 heterocycles. The highest BCUT2D eigenvalue weighted by Gasteiger charge is 2.04. The van der Waals surface area contributed by atoms with Crippen LogP contribution in [0.1, 0.15) is 0 Å². The third-order valence-corrected chi connectivity index (χ3v) is 3.66. The lowest BCUT2D eigenvalue weighted by Gasteiger charge is -2.05. The average molecular weight is 281 g/mol. The van der Waals surface area contributed by atoms with Gasteiger partial charge in [-0.25, -0.2) is 9.97 Å². The Morgan fingerprint density at radius 2 is 1.14 bits per heavy atom. The standard InChI is InChI=1S/C20H13N2/c1-2-6-15(7-3-1)16-10-12-17(13-11-16)20-14-21-18-8-4-5-9-19(18)22-20/h1-13H. The predicted molar refractivity (Wildman–Crippen MR) is 89.2 cm³/mol. The molecule has 0 spiro atoms. The van der Waals surface area contributed by atoms with E-state index >= 15 is 0 Å². The molecule has 0 saturated carbocycles. The highest BCUT2D eigenvalue weighted by molar-refractivity contribution is 5.77. The summed E-state index contributed by atoms with van der Waals surface area (Å²) in [6, 6.07) is 26.5. The third-order valence-electron chi connectivity index (χ3n) is 3.66. The fourth-order valence-electron chi connectivity index (χ4n) is 2.49. The van der Waals surface area contributed by atoms with Crippen LogP contribution in [-0.4, -0.2) is 9.97 Å². The van der Waals surface area contributed by atoms with Crippen LogP contribution in [0.4, 0.5) is 0 Å². The van der Waals surface area contributed by atoms with E-state index in [9.17, 15) is 0 Å². The Hall–Kier alpha value is -3.00. The molecule has 0 aliphatic heterocycles. The van der Waals surface area contributed by atoms with Crippen LogP contribution in [0.5, 0.6) is 0 Å². The van der Waals surface area contributed by atoms with Gasteiger partial charge in [0.15, 0.2) is 0 Å². The highest BCUT2D eigenvalue weighted by Crippen LogP contribution is 2.24. The Labute approximate surface area is 129 Å². The van der Waals surface area contributed by atoms with E-state index in [0.29, 0.717) is 0 Å². The van der Waals surface area contributed by atoms with Gasteiger partial charge in [0.1, 0.15) is 6.20 Å². The number of nitrogens with zero attached hydrogens (tertiary/aromatic N) is 2. The van der Waals surface area contributed by atoms with Gasteiger partial charge in [0, 0.05) is 5.56 Å². The van der Waals surface area contributed by atoms with Crippen molar-refractivity contribution in [3.63, 3.8) is 0 Å². The minimum Gasteiger partial charge on any atom is -0.244 e. The van der Waals surface area contributed by atoms with Crippen molar-refractivity contribution in [2.45, 2.75) is 0 Å². The fraction of sp³-hybridized carbons (Fsp3) is 0. The van der Waals surface area contributed by atoms with Gasteiger partial charge in [-0.2, -0.15) is 0 Å². The van der Waals surface area contributed by atoms with Crippen molar-refractivity contribution in [3.8, 4) is 22.4 Å². The second-order valence-corrected chi connectivity index (χ2v) is 5.12. The van der Waals surface area contributed by atoms with Crippen LogP contribution in [0.2, 0.25) is 0 Å². The molecule has 4 rings (SSSR count). The Morgan fingerprint density at radius 3 is 1.91 bits per heavy atom. The minimum absolute atomic E-state index is 0.776. The van der Waals surface area contributed by atoms with Crippen molar-refractivity contribution < 1.29 is 0 Å². The second-order valence-electron chi connectivity index (χ2n) is 5.12. The summed E-state index contributed by atoms with van der Waals surface area (Å²) < 4.78 is 0. The van der Waals surface area contributed by atoms with Crippen molar-refractivity contribution >= 4 is 11.0 Å². The van der Waals surface area contributed by atoms with E-state index in [1.54, 1.807) is 0 Å². The molecule has 4 aromatic rings. The van der Waals surface area contributed by atoms with Gasteiger partial charge in [-0.1, -0.05) is 66.7 Å². The Bertz CT molecular complexity index is 913. The van der Waals surface area contributed by atoms with Crippen LogP contribution < -0.4 is 0 Å². The minimum atomic E-state index is 0.776. The first-order chi connectivity index (χ1) is 10.9. The highest BCUT2D eigenvalue weighted by atomic mass is 14.8. The molecule has 3 aromatic carbocycles. The second kappa shape index (κ2) is 5.41. The molecule has 0 bridgehead atoms. The van der Waals surface area contributed by atoms with Gasteiger partial charge in [-0.15, -0.1) is 0 Å². The topological polar surface area (TPSA) is 25.8 Å². The van der Waals surface area contributed by atoms with Gasteiger partial charge in [-0.05, 0) is 23.3 Å². The molecule has 1 aromatic heterocycles. The first-order valence-electron chi connectivity index (χ1n) is 7.20. The van der Waals surface area contributed by atoms with Crippen LogP contribution in [0, 0.1) is 6.20 Å². The van der Waals surface area contributed by atoms with Crippen molar-refractivity contribution in [1.29, 1.82) is 0 Å². The summed E-state index contributed by atoms with van der Waals surface area (Å²) >= 11 is 0. The summed E-state index contributed by atoms with van der Waals surface area (Å²) in [6.45, 7) is 0. The quantitative estimate of drug-likeness (QED) is 0.529. The normalized spacial score (nSPS) is 10.7. The van der Waals surface area contributed by atoms with E-state index in [-0.39, 0.29) is 0 Å². The summed E-state index contributed by atoms with van der Waals surface area (Å²) in [5, 5.41) is 0. The molecule has 0 atom stereocenters. The molecule has 0 saturated heterocycles. The average Bonchev–Trinajstić information content (AvgIpc) is 2.62. The lowest BCUT2D eigenvalue weighted by molar-refractivity contribution is 1.28. The first-order valence-corrected chi connectivity index (χ1v) is 7.20. The summed E-state index contributed by atoms with van der Waals surface area (Å²) in [5.74, 6) is 0. The summed E-state index contributed by atoms with van der Waals surface area (Å²) in [6.07, 6.45) is 3.03. The summed E-state index contributed by atoms with van der Waals surface area (Å²) in [7, 11) is 0. The van der Waals surface area contributed by atoms with E-state index in [0.717, 1.165) is 22.3 Å². The first kappa shape index (κ1) is 12.7. The van der Waals surface area contributed by atoms with E-state index in [4.69, 9.17) is 0 Å². The molecule has 0 fully saturated rings. The number of rotatable bonds is 2. The molecule has 0 amide bonds. The molecule has 2 nitrogen and oxygen atoms in total. The van der Waals surface area contributed by atoms with E-state index < -0.39 is 0 Å². The Balaban J connectivity index is 1.73. The molecule has 0 aliphatic carbocycles. The van der Waals surface area contributed by atoms with Gasteiger partial charge in [0.25, 0.3) is 0 Å². The van der Waals surface area contributed by atoms with Crippen molar-refractivity contribution in [2.75, 3.05) is 0 Å². The summed E-state index contributed by atoms with van der Waals surface area (Å²) in [5.41, 5.74) is 5.97. The van der Waals surface area contributed by atoms with Gasteiger partial charge < -0.3 is 0 Å². The van der Waals surface area contributed by atoms with Crippen molar-refractivity contribution in [3.05, 3.63) is 85.1 Å². The van der Waals surface area contributed by atoms with E-state index in [1.807, 2.05) is 42.5 Å². The molecular weight excluding hydrogens is 268 g/mol. The Kier molecular flexibility index (Phi) is 3.13. The lowest BCUT2D eigenvalue weighted by Crippen LogP contribution is -1.89. The maximum Gasteiger partial charge on any atom is 0.118 e. The largest absolute Gasteiger partial charge is 0.244 e. The van der Waals surface area contributed by atoms with Crippen LogP contribution in [-0.2, 0) is 0 Å². The summed E-state index contributed by atoms with van der Waals surface area (Å²) in [4.78, 5) is 8.98. The van der Waals surface area contributed by atoms with Crippen molar-refractivity contribution in [2.24, 2.45) is 0 Å². The van der Waals surface area contributed by atoms with Crippen molar-refractivity contribution in [1.82, 2.24) is 9.97 Å². The maximum atomic E-state index is 4.63. The molecule has 103 valence electrons. The molecule has 1 radical (unpaired) electrons. The smallest absolute Gasteiger partial charge is 0.118 e. The third kappa shape index (κ3) is 2.35. The molecule has 22 heavy (non-hydrogen) atoms. The number of fused-ring (bicyclic) bond motifs is 1. The van der Waals surface area contributed by atoms with E-state index in [1.165, 1.54) is 11.1 Å². The lowest BCUT2D eigenvalue weighted by atomic mass is 10.0.